The van der Waals surface area contributed by atoms with Crippen LogP contribution in [0, 0.1) is 0 Å². The monoisotopic (exact) mass is 358 g/mol. The molecule has 2 amide bonds. The minimum atomic E-state index is -0.538. The van der Waals surface area contributed by atoms with Gasteiger partial charge in [0.1, 0.15) is 5.75 Å². The fourth-order valence-electron chi connectivity index (χ4n) is 4.43. The summed E-state index contributed by atoms with van der Waals surface area (Å²) in [5.74, 6) is -0.104. The lowest BCUT2D eigenvalue weighted by Crippen LogP contribution is -2.50. The van der Waals surface area contributed by atoms with E-state index in [2.05, 4.69) is 4.90 Å². The highest BCUT2D eigenvalue weighted by Gasteiger charge is 2.32. The van der Waals surface area contributed by atoms with Gasteiger partial charge in [-0.1, -0.05) is 50.7 Å². The lowest BCUT2D eigenvalue weighted by Gasteiger charge is -2.41. The average molecular weight is 358 g/mol. The van der Waals surface area contributed by atoms with Crippen molar-refractivity contribution in [2.24, 2.45) is 5.73 Å². The fourth-order valence-corrected chi connectivity index (χ4v) is 4.43. The van der Waals surface area contributed by atoms with E-state index >= 15 is 0 Å². The van der Waals surface area contributed by atoms with Gasteiger partial charge in [0, 0.05) is 12.1 Å². The Balaban J connectivity index is 1.69. The number of hydrogen-bond acceptors (Lipinski definition) is 3. The Labute approximate surface area is 155 Å². The van der Waals surface area contributed by atoms with E-state index in [1.807, 2.05) is 0 Å². The van der Waals surface area contributed by atoms with Gasteiger partial charge in [0.25, 0.3) is 11.8 Å². The number of carbonyl (C=O) groups is 2. The average Bonchev–Trinajstić information content (AvgIpc) is 2.68. The number of benzene rings is 1. The molecule has 0 heterocycles. The summed E-state index contributed by atoms with van der Waals surface area (Å²) in [4.78, 5) is 26.8. The molecule has 0 unspecified atom stereocenters. The van der Waals surface area contributed by atoms with Gasteiger partial charge in [-0.2, -0.15) is 0 Å². The van der Waals surface area contributed by atoms with Gasteiger partial charge >= 0.3 is 0 Å². The van der Waals surface area contributed by atoms with Crippen LogP contribution in [0.2, 0.25) is 0 Å². The third-order valence-corrected chi connectivity index (χ3v) is 5.73. The topological polar surface area (TPSA) is 72.6 Å². The van der Waals surface area contributed by atoms with Gasteiger partial charge in [0.05, 0.1) is 5.56 Å². The summed E-state index contributed by atoms with van der Waals surface area (Å²) in [5, 5.41) is 0. The van der Waals surface area contributed by atoms with Crippen molar-refractivity contribution in [1.29, 1.82) is 0 Å². The van der Waals surface area contributed by atoms with E-state index in [1.54, 1.807) is 24.3 Å². The molecule has 3 rings (SSSR count). The Morgan fingerprint density at radius 1 is 0.923 bits per heavy atom. The Bertz CT molecular complexity index is 601. The molecule has 2 saturated carbocycles. The number of nitrogens with zero attached hydrogens (tertiary/aromatic N) is 1. The molecule has 1 aromatic rings. The second-order valence-electron chi connectivity index (χ2n) is 7.53. The van der Waals surface area contributed by atoms with Crippen molar-refractivity contribution in [2.45, 2.75) is 76.3 Å². The Kier molecular flexibility index (Phi) is 6.53. The van der Waals surface area contributed by atoms with Gasteiger partial charge < -0.3 is 15.4 Å². The van der Waals surface area contributed by atoms with Crippen LogP contribution in [0.3, 0.4) is 0 Å². The molecule has 2 N–H and O–H groups in total. The van der Waals surface area contributed by atoms with Gasteiger partial charge in [-0.3, -0.25) is 9.59 Å². The fraction of sp³-hybridized carbons (Fsp3) is 0.619. The number of ether oxygens (including phenoxy) is 1. The SMILES string of the molecule is NC(=O)c1ccccc1OCC(=O)N(C1CCCCC1)C1CCCCC1. The van der Waals surface area contributed by atoms with E-state index in [4.69, 9.17) is 10.5 Å². The van der Waals surface area contributed by atoms with Crippen LogP contribution in [0.4, 0.5) is 0 Å². The number of carbonyl (C=O) groups excluding carboxylic acids is 2. The maximum atomic E-state index is 13.1. The van der Waals surface area contributed by atoms with Crippen LogP contribution >= 0.6 is 0 Å². The van der Waals surface area contributed by atoms with Crippen LogP contribution < -0.4 is 10.5 Å². The number of hydrogen-bond donors (Lipinski definition) is 1. The molecule has 0 saturated heterocycles. The molecule has 2 fully saturated rings. The second-order valence-corrected chi connectivity index (χ2v) is 7.53. The molecule has 0 aliphatic heterocycles. The summed E-state index contributed by atoms with van der Waals surface area (Å²) in [6.07, 6.45) is 11.7. The molecule has 0 radical (unpaired) electrons. The van der Waals surface area contributed by atoms with Gasteiger partial charge in [-0.05, 0) is 37.8 Å². The quantitative estimate of drug-likeness (QED) is 0.843. The summed E-state index contributed by atoms with van der Waals surface area (Å²) in [5.41, 5.74) is 5.72. The van der Waals surface area contributed by atoms with Crippen molar-refractivity contribution in [3.8, 4) is 5.75 Å². The molecule has 5 nitrogen and oxygen atoms in total. The molecule has 0 atom stereocenters. The first-order chi connectivity index (χ1) is 12.7. The van der Waals surface area contributed by atoms with Gasteiger partial charge in [0.2, 0.25) is 0 Å². The van der Waals surface area contributed by atoms with Crippen molar-refractivity contribution in [3.63, 3.8) is 0 Å². The molecule has 0 spiro atoms. The normalized spacial score (nSPS) is 19.1. The number of para-hydroxylation sites is 1. The van der Waals surface area contributed by atoms with E-state index < -0.39 is 5.91 Å². The van der Waals surface area contributed by atoms with E-state index in [9.17, 15) is 9.59 Å². The summed E-state index contributed by atoms with van der Waals surface area (Å²) in [6, 6.07) is 7.53. The van der Waals surface area contributed by atoms with Crippen molar-refractivity contribution in [2.75, 3.05) is 6.61 Å². The van der Waals surface area contributed by atoms with E-state index in [0.717, 1.165) is 25.7 Å². The lowest BCUT2D eigenvalue weighted by molar-refractivity contribution is -0.140. The molecule has 5 heteroatoms. The highest BCUT2D eigenvalue weighted by Crippen LogP contribution is 2.30. The number of primary amides is 1. The van der Waals surface area contributed by atoms with Crippen LogP contribution in [0.5, 0.6) is 5.75 Å². The summed E-state index contributed by atoms with van der Waals surface area (Å²) in [7, 11) is 0. The highest BCUT2D eigenvalue weighted by atomic mass is 16.5. The van der Waals surface area contributed by atoms with Crippen LogP contribution in [0.1, 0.15) is 74.6 Å². The summed E-state index contributed by atoms with van der Waals surface area (Å²) >= 11 is 0. The first-order valence-corrected chi connectivity index (χ1v) is 9.99. The molecule has 1 aromatic carbocycles. The van der Waals surface area contributed by atoms with Crippen molar-refractivity contribution in [3.05, 3.63) is 29.8 Å². The van der Waals surface area contributed by atoms with Crippen molar-refractivity contribution < 1.29 is 14.3 Å². The minimum Gasteiger partial charge on any atom is -0.483 e. The van der Waals surface area contributed by atoms with Crippen molar-refractivity contribution >= 4 is 11.8 Å². The zero-order valence-corrected chi connectivity index (χ0v) is 15.5. The van der Waals surface area contributed by atoms with Gasteiger partial charge in [0.15, 0.2) is 6.61 Å². The smallest absolute Gasteiger partial charge is 0.261 e. The lowest BCUT2D eigenvalue weighted by atomic mass is 9.88. The molecule has 142 valence electrons. The molecule has 2 aliphatic rings. The zero-order chi connectivity index (χ0) is 18.4. The first-order valence-electron chi connectivity index (χ1n) is 9.99. The van der Waals surface area contributed by atoms with E-state index in [1.165, 1.54) is 38.5 Å². The maximum Gasteiger partial charge on any atom is 0.261 e. The zero-order valence-electron chi connectivity index (χ0n) is 15.5. The third-order valence-electron chi connectivity index (χ3n) is 5.73. The van der Waals surface area contributed by atoms with Crippen LogP contribution in [0.15, 0.2) is 24.3 Å². The van der Waals surface area contributed by atoms with Crippen LogP contribution in [-0.4, -0.2) is 35.4 Å². The maximum absolute atomic E-state index is 13.1. The Hall–Kier alpha value is -2.04. The Morgan fingerprint density at radius 3 is 2.00 bits per heavy atom. The van der Waals surface area contributed by atoms with Crippen LogP contribution in [0.25, 0.3) is 0 Å². The number of amides is 2. The molecule has 0 bridgehead atoms. The number of nitrogens with two attached hydrogens (primary N) is 1. The molecular formula is C21H30N2O3. The van der Waals surface area contributed by atoms with Crippen molar-refractivity contribution in [1.82, 2.24) is 4.90 Å². The van der Waals surface area contributed by atoms with Crippen LogP contribution in [-0.2, 0) is 4.79 Å². The molecule has 0 aromatic heterocycles. The van der Waals surface area contributed by atoms with E-state index in [-0.39, 0.29) is 12.5 Å². The Morgan fingerprint density at radius 2 is 1.46 bits per heavy atom. The predicted molar refractivity (Wildman–Crippen MR) is 101 cm³/mol. The molecule has 2 aliphatic carbocycles. The summed E-state index contributed by atoms with van der Waals surface area (Å²) in [6.45, 7) is -0.0305. The standard InChI is InChI=1S/C21H30N2O3/c22-21(25)18-13-7-8-14-19(18)26-15-20(24)23(16-9-3-1-4-10-16)17-11-5-2-6-12-17/h7-8,13-14,16-17H,1-6,9-12,15H2,(H2,22,25). The second kappa shape index (κ2) is 9.06. The van der Waals surface area contributed by atoms with Gasteiger partial charge in [-0.15, -0.1) is 0 Å². The highest BCUT2D eigenvalue weighted by molar-refractivity contribution is 5.95. The number of rotatable bonds is 6. The summed E-state index contributed by atoms with van der Waals surface area (Å²) < 4.78 is 5.73. The largest absolute Gasteiger partial charge is 0.483 e. The van der Waals surface area contributed by atoms with E-state index in [0.29, 0.717) is 23.4 Å². The molecule has 26 heavy (non-hydrogen) atoms. The minimum absolute atomic E-state index is 0.0305. The first kappa shape index (κ1) is 18.7. The van der Waals surface area contributed by atoms with Gasteiger partial charge in [-0.25, -0.2) is 0 Å². The predicted octanol–water partition coefficient (Wildman–Crippen LogP) is 3.66. The molecular weight excluding hydrogens is 328 g/mol. The third kappa shape index (κ3) is 4.57.